The molecule has 11 nitrogen and oxygen atoms in total. The normalized spacial score (nSPS) is 22.1. The van der Waals surface area contributed by atoms with E-state index in [1.54, 1.807) is 13.8 Å². The first kappa shape index (κ1) is 26.3. The Kier molecular flexibility index (Phi) is 7.58. The van der Waals surface area contributed by atoms with E-state index in [1.165, 1.54) is 18.6 Å². The number of carbonyl (C=O) groups is 4. The minimum Gasteiger partial charge on any atom is -0.577 e. The number of fused-ring (bicyclic) bond motifs is 1. The molecule has 2 fully saturated rings. The second-order valence-corrected chi connectivity index (χ2v) is 9.81. The highest BCUT2D eigenvalue weighted by Crippen LogP contribution is 2.42. The van der Waals surface area contributed by atoms with Crippen LogP contribution in [0.4, 0.5) is 0 Å². The van der Waals surface area contributed by atoms with Crippen LogP contribution < -0.4 is 10.6 Å². The molecule has 0 saturated carbocycles. The number of carbonyl (C=O) groups excluding carboxylic acids is 4. The van der Waals surface area contributed by atoms with Crippen molar-refractivity contribution in [2.75, 3.05) is 0 Å². The van der Waals surface area contributed by atoms with Crippen molar-refractivity contribution in [2.45, 2.75) is 64.7 Å². The van der Waals surface area contributed by atoms with Gasteiger partial charge in [-0.3, -0.25) is 14.6 Å². The first-order valence-corrected chi connectivity index (χ1v) is 12.3. The molecule has 2 N–H and O–H groups in total. The van der Waals surface area contributed by atoms with Gasteiger partial charge in [0.2, 0.25) is 18.1 Å². The summed E-state index contributed by atoms with van der Waals surface area (Å²) >= 11 is 0. The van der Waals surface area contributed by atoms with Crippen LogP contribution in [0.1, 0.15) is 50.2 Å². The minimum atomic E-state index is -2.71. The van der Waals surface area contributed by atoms with Crippen LogP contribution in [0.25, 0.3) is 0 Å². The van der Waals surface area contributed by atoms with Gasteiger partial charge in [0, 0.05) is 32.7 Å². The van der Waals surface area contributed by atoms with Gasteiger partial charge in [0.05, 0.1) is 12.1 Å². The van der Waals surface area contributed by atoms with Gasteiger partial charge in [0.15, 0.2) is 0 Å². The molecule has 2 aliphatic heterocycles. The van der Waals surface area contributed by atoms with Crippen LogP contribution in [-0.4, -0.2) is 64.7 Å². The van der Waals surface area contributed by atoms with Gasteiger partial charge in [-0.05, 0) is 17.9 Å². The molecule has 4 rings (SSSR count). The third kappa shape index (κ3) is 5.34. The molecule has 2 aromatic rings. The number of rotatable bonds is 9. The highest BCUT2D eigenvalue weighted by Gasteiger charge is 2.72. The van der Waals surface area contributed by atoms with Gasteiger partial charge in [0.1, 0.15) is 11.7 Å². The standard InChI is InChI=1S/C25H31BN4O7/c1-15(2)12-21(26-35-24(33)16(3)37(26)17(4)25(34)36-26)30-22(31)19(13-18-8-6-5-7-9-18)29-23(32)20-14-27-10-11-28-20/h5-11,14-17,19,21H,12-13H2,1-4H3,(H,29,32)(H,30,31)/t16-,17-,19-,21-/m0/s1. The molecule has 0 bridgehead atoms. The molecule has 0 spiro atoms. The Morgan fingerprint density at radius 3 is 2.24 bits per heavy atom. The Labute approximate surface area is 215 Å². The van der Waals surface area contributed by atoms with Crippen molar-refractivity contribution >= 4 is 30.5 Å². The fourth-order valence-electron chi connectivity index (χ4n) is 4.93. The lowest BCUT2D eigenvalue weighted by molar-refractivity contribution is -0.154. The molecular formula is C25H31BN4O7. The molecular weight excluding hydrogens is 479 g/mol. The van der Waals surface area contributed by atoms with Gasteiger partial charge >= 0.3 is 18.7 Å². The number of benzene rings is 1. The highest BCUT2D eigenvalue weighted by molar-refractivity contribution is 6.70. The Hall–Kier alpha value is -3.80. The molecule has 2 amide bonds. The largest absolute Gasteiger partial charge is 0.706 e. The summed E-state index contributed by atoms with van der Waals surface area (Å²) in [5.74, 6) is -2.99. The molecule has 0 aliphatic carbocycles. The fraction of sp³-hybridized carbons (Fsp3) is 0.440. The fourth-order valence-corrected chi connectivity index (χ4v) is 4.93. The van der Waals surface area contributed by atoms with E-state index in [0.717, 1.165) is 5.56 Å². The molecule has 12 heteroatoms. The monoisotopic (exact) mass is 510 g/mol. The van der Waals surface area contributed by atoms with Gasteiger partial charge in [-0.15, -0.1) is 0 Å². The SMILES string of the molecule is CC(C)C[C@H](NC(=O)[C@H](Cc1ccccc1)NC(=O)c1cnccn1)[B-]12OC(=O)[C@H](C)[O+]1[C@@H](C)C(=O)O2. The summed E-state index contributed by atoms with van der Waals surface area (Å²) in [6.07, 6.45) is 3.11. The molecule has 3 heterocycles. The van der Waals surface area contributed by atoms with E-state index in [-0.39, 0.29) is 18.0 Å². The van der Waals surface area contributed by atoms with E-state index >= 15 is 0 Å². The van der Waals surface area contributed by atoms with E-state index in [0.29, 0.717) is 6.42 Å². The summed E-state index contributed by atoms with van der Waals surface area (Å²) in [6, 6.07) is 8.23. The van der Waals surface area contributed by atoms with Crippen LogP contribution in [-0.2, 0) is 34.4 Å². The number of hydrogen-bond acceptors (Lipinski definition) is 8. The minimum absolute atomic E-state index is 0.0509. The van der Waals surface area contributed by atoms with E-state index in [9.17, 15) is 19.2 Å². The molecule has 0 radical (unpaired) electrons. The van der Waals surface area contributed by atoms with E-state index in [2.05, 4.69) is 24.9 Å². The van der Waals surface area contributed by atoms with E-state index in [1.807, 2.05) is 44.2 Å². The number of aromatic nitrogens is 2. The molecule has 4 atom stereocenters. The molecule has 196 valence electrons. The third-order valence-electron chi connectivity index (χ3n) is 6.67. The lowest BCUT2D eigenvalue weighted by Gasteiger charge is -2.39. The zero-order chi connectivity index (χ0) is 26.7. The Bertz CT molecular complexity index is 1140. The highest BCUT2D eigenvalue weighted by atomic mass is 16.9. The smallest absolute Gasteiger partial charge is 0.577 e. The topological polar surface area (TPSA) is 139 Å². The maximum absolute atomic E-state index is 13.7. The first-order chi connectivity index (χ1) is 17.6. The number of nitrogens with one attached hydrogen (secondary N) is 2. The van der Waals surface area contributed by atoms with Gasteiger partial charge in [0.25, 0.3) is 5.91 Å². The van der Waals surface area contributed by atoms with Crippen LogP contribution in [0.15, 0.2) is 48.9 Å². The average molecular weight is 510 g/mol. The van der Waals surface area contributed by atoms with Crippen molar-refractivity contribution in [1.29, 1.82) is 0 Å². The first-order valence-electron chi connectivity index (χ1n) is 12.3. The van der Waals surface area contributed by atoms with Crippen LogP contribution in [0, 0.1) is 5.92 Å². The lowest BCUT2D eigenvalue weighted by atomic mass is 9.65. The van der Waals surface area contributed by atoms with Gasteiger partial charge < -0.3 is 24.2 Å². The van der Waals surface area contributed by atoms with Crippen molar-refractivity contribution in [3.05, 3.63) is 60.2 Å². The molecule has 1 aromatic heterocycles. The average Bonchev–Trinajstić information content (AvgIpc) is 3.28. The number of hydrogen-bond donors (Lipinski definition) is 2. The molecule has 37 heavy (non-hydrogen) atoms. The van der Waals surface area contributed by atoms with Crippen LogP contribution in [0.2, 0.25) is 0 Å². The number of amides is 2. The summed E-state index contributed by atoms with van der Waals surface area (Å²) in [4.78, 5) is 59.6. The van der Waals surface area contributed by atoms with Crippen LogP contribution >= 0.6 is 0 Å². The number of nitrogens with zero attached hydrogens (tertiary/aromatic N) is 2. The van der Waals surface area contributed by atoms with E-state index < -0.39 is 54.7 Å². The zero-order valence-electron chi connectivity index (χ0n) is 21.2. The Morgan fingerprint density at radius 2 is 1.68 bits per heavy atom. The Morgan fingerprint density at radius 1 is 1.03 bits per heavy atom. The van der Waals surface area contributed by atoms with Gasteiger partial charge in [-0.25, -0.2) is 14.6 Å². The van der Waals surface area contributed by atoms with Crippen LogP contribution in [0.3, 0.4) is 0 Å². The second kappa shape index (κ2) is 10.7. The van der Waals surface area contributed by atoms with Crippen molar-refractivity contribution in [2.24, 2.45) is 5.92 Å². The maximum Gasteiger partial charge on any atom is 0.706 e. The van der Waals surface area contributed by atoms with E-state index in [4.69, 9.17) is 9.31 Å². The summed E-state index contributed by atoms with van der Waals surface area (Å²) in [5.41, 5.74) is 0.887. The maximum atomic E-state index is 13.7. The van der Waals surface area contributed by atoms with Crippen molar-refractivity contribution in [3.8, 4) is 0 Å². The van der Waals surface area contributed by atoms with Gasteiger partial charge in [-0.2, -0.15) is 0 Å². The van der Waals surface area contributed by atoms with Crippen molar-refractivity contribution in [1.82, 2.24) is 20.6 Å². The lowest BCUT2D eigenvalue weighted by Crippen LogP contribution is -2.64. The molecule has 0 unspecified atom stereocenters. The van der Waals surface area contributed by atoms with Gasteiger partial charge in [-0.1, -0.05) is 44.2 Å². The quantitative estimate of drug-likeness (QED) is 0.380. The molecule has 2 aliphatic rings. The Balaban J connectivity index is 1.63. The summed E-state index contributed by atoms with van der Waals surface area (Å²) in [6.45, 7) is 4.40. The summed E-state index contributed by atoms with van der Waals surface area (Å²) < 4.78 is 14.1. The molecule has 1 aromatic carbocycles. The third-order valence-corrected chi connectivity index (χ3v) is 6.67. The molecule has 2 saturated heterocycles. The summed E-state index contributed by atoms with van der Waals surface area (Å²) in [7, 11) is 0. The van der Waals surface area contributed by atoms with Crippen molar-refractivity contribution < 1.29 is 32.8 Å². The summed E-state index contributed by atoms with van der Waals surface area (Å²) in [5, 5.41) is 5.67. The predicted octanol–water partition coefficient (Wildman–Crippen LogP) is 1.27. The van der Waals surface area contributed by atoms with Crippen LogP contribution in [0.5, 0.6) is 0 Å². The second-order valence-electron chi connectivity index (χ2n) is 9.81. The zero-order valence-corrected chi connectivity index (χ0v) is 21.2. The predicted molar refractivity (Wildman–Crippen MR) is 133 cm³/mol. The van der Waals surface area contributed by atoms with Crippen molar-refractivity contribution in [3.63, 3.8) is 0 Å².